The van der Waals surface area contributed by atoms with Crippen LogP contribution < -0.4 is 0 Å². The molecule has 0 aliphatic carbocycles. The van der Waals surface area contributed by atoms with Crippen molar-refractivity contribution in [1.82, 2.24) is 9.13 Å². The summed E-state index contributed by atoms with van der Waals surface area (Å²) < 4.78 is 47.5. The molecule has 11 aromatic rings. The summed E-state index contributed by atoms with van der Waals surface area (Å²) in [6, 6.07) is 63.6. The Morgan fingerprint density at radius 2 is 0.985 bits per heavy atom. The topological polar surface area (TPSA) is 61.8 Å². The van der Waals surface area contributed by atoms with Crippen LogP contribution in [0.4, 0.5) is 18.9 Å². The monoisotopic (exact) mass is 869 g/mol. The number of hydrogen-bond acceptors (Lipinski definition) is 2. The molecule has 8 heteroatoms. The Bertz CT molecular complexity index is 3980. The van der Waals surface area contributed by atoms with E-state index in [4.69, 9.17) is 6.57 Å². The van der Waals surface area contributed by atoms with Gasteiger partial charge in [0.2, 0.25) is 0 Å². The fourth-order valence-electron chi connectivity index (χ4n) is 9.77. The largest absolute Gasteiger partial charge is 0.416 e. The van der Waals surface area contributed by atoms with Gasteiger partial charge < -0.3 is 9.13 Å². The molecule has 0 aliphatic heterocycles. The van der Waals surface area contributed by atoms with Crippen molar-refractivity contribution in [3.63, 3.8) is 0 Å². The van der Waals surface area contributed by atoms with Gasteiger partial charge in [-0.3, -0.25) is 0 Å². The molecule has 0 spiro atoms. The van der Waals surface area contributed by atoms with Gasteiger partial charge in [0.25, 0.3) is 0 Å². The Hall–Kier alpha value is -9.16. The van der Waals surface area contributed by atoms with Gasteiger partial charge in [0, 0.05) is 32.8 Å². The van der Waals surface area contributed by atoms with Crippen molar-refractivity contribution >= 4 is 49.3 Å². The van der Waals surface area contributed by atoms with Gasteiger partial charge in [-0.25, -0.2) is 4.85 Å². The van der Waals surface area contributed by atoms with Crippen LogP contribution in [0, 0.1) is 36.2 Å². The summed E-state index contributed by atoms with van der Waals surface area (Å²) in [5, 5.41) is 23.9. The Kier molecular flexibility index (Phi) is 9.59. The van der Waals surface area contributed by atoms with Gasteiger partial charge in [0.1, 0.15) is 0 Å². The molecule has 0 atom stereocenters. The molecule has 9 aromatic carbocycles. The number of benzene rings is 9. The maximum absolute atomic E-state index is 14.4. The van der Waals surface area contributed by atoms with Crippen LogP contribution in [-0.2, 0) is 6.18 Å². The molecule has 2 heterocycles. The molecule has 2 aromatic heterocycles. The number of para-hydroxylation sites is 2. The Morgan fingerprint density at radius 3 is 1.55 bits per heavy atom. The highest BCUT2D eigenvalue weighted by Gasteiger charge is 2.31. The van der Waals surface area contributed by atoms with Crippen molar-refractivity contribution in [2.45, 2.75) is 13.1 Å². The Morgan fingerprint density at radius 1 is 0.463 bits per heavy atom. The highest BCUT2D eigenvalue weighted by atomic mass is 19.4. The number of halogens is 3. The number of hydrogen-bond donors (Lipinski definition) is 0. The van der Waals surface area contributed by atoms with E-state index in [0.717, 1.165) is 77.6 Å². The second-order valence-corrected chi connectivity index (χ2v) is 16.6. The van der Waals surface area contributed by atoms with Crippen LogP contribution in [0.3, 0.4) is 0 Å². The average molecular weight is 870 g/mol. The van der Waals surface area contributed by atoms with Crippen LogP contribution in [0.15, 0.2) is 188 Å². The van der Waals surface area contributed by atoms with E-state index in [0.29, 0.717) is 50.3 Å². The summed E-state index contributed by atoms with van der Waals surface area (Å²) in [5.74, 6) is 0. The number of nitriles is 2. The lowest BCUT2D eigenvalue weighted by molar-refractivity contribution is -0.137. The van der Waals surface area contributed by atoms with E-state index in [1.165, 1.54) is 6.07 Å². The van der Waals surface area contributed by atoms with Crippen molar-refractivity contribution in [3.05, 3.63) is 222 Å². The van der Waals surface area contributed by atoms with E-state index in [2.05, 4.69) is 50.4 Å². The van der Waals surface area contributed by atoms with E-state index >= 15 is 0 Å². The first kappa shape index (κ1) is 40.6. The molecule has 0 N–H and O–H groups in total. The quantitative estimate of drug-likeness (QED) is 0.156. The standard InChI is InChI=1S/C59H34F3N5/c1-36-28-42(30-43(29-36)59(60,61)62)37-22-25-56(66-52-19-9-7-16-46(52)48-32-38(23-26-54(48)66)44-14-5-3-12-40(44)34-63)50(31-37)58-51(65-2)18-11-21-57(58)67-53-20-10-8-17-47(53)49-33-39(24-27-55(49)67)45-15-6-4-13-41(45)35-64/h3-33H,1H3. The summed E-state index contributed by atoms with van der Waals surface area (Å²) in [6.07, 6.45) is -4.56. The summed E-state index contributed by atoms with van der Waals surface area (Å²) >= 11 is 0. The number of aromatic nitrogens is 2. The normalized spacial score (nSPS) is 11.5. The van der Waals surface area contributed by atoms with Gasteiger partial charge >= 0.3 is 6.18 Å². The fourth-order valence-corrected chi connectivity index (χ4v) is 9.77. The minimum absolute atomic E-state index is 0.359. The predicted octanol–water partition coefficient (Wildman–Crippen LogP) is 16.2. The maximum Gasteiger partial charge on any atom is 0.416 e. The highest BCUT2D eigenvalue weighted by Crippen LogP contribution is 2.47. The van der Waals surface area contributed by atoms with Crippen LogP contribution in [0.25, 0.3) is 104 Å². The lowest BCUT2D eigenvalue weighted by Crippen LogP contribution is -2.05. The van der Waals surface area contributed by atoms with Crippen LogP contribution in [-0.4, -0.2) is 9.13 Å². The Labute approximate surface area is 383 Å². The predicted molar refractivity (Wildman–Crippen MR) is 262 cm³/mol. The van der Waals surface area contributed by atoms with Crippen molar-refractivity contribution in [3.8, 4) is 68.0 Å². The van der Waals surface area contributed by atoms with Crippen molar-refractivity contribution in [2.24, 2.45) is 0 Å². The molecule has 316 valence electrons. The van der Waals surface area contributed by atoms with Crippen molar-refractivity contribution in [1.29, 1.82) is 10.5 Å². The maximum atomic E-state index is 14.4. The van der Waals surface area contributed by atoms with Crippen LogP contribution in [0.2, 0.25) is 0 Å². The highest BCUT2D eigenvalue weighted by molar-refractivity contribution is 6.13. The van der Waals surface area contributed by atoms with E-state index in [-0.39, 0.29) is 0 Å². The van der Waals surface area contributed by atoms with Crippen LogP contribution >= 0.6 is 0 Å². The van der Waals surface area contributed by atoms with E-state index in [1.807, 2.05) is 127 Å². The third-order valence-electron chi connectivity index (χ3n) is 12.7. The Balaban J connectivity index is 1.23. The van der Waals surface area contributed by atoms with Gasteiger partial charge in [0.05, 0.1) is 63.2 Å². The van der Waals surface area contributed by atoms with Gasteiger partial charge in [-0.1, -0.05) is 109 Å². The first-order chi connectivity index (χ1) is 32.6. The molecule has 5 nitrogen and oxygen atoms in total. The summed E-state index contributed by atoms with van der Waals surface area (Å²) in [4.78, 5) is 4.14. The molecule has 0 bridgehead atoms. The molecule has 0 amide bonds. The fraction of sp³-hybridized carbons (Fsp3) is 0.0339. The molecule has 0 saturated heterocycles. The molecular weight excluding hydrogens is 836 g/mol. The number of alkyl halides is 3. The SMILES string of the molecule is [C-]#[N+]c1cccc(-n2c3ccccc3c3cc(-c4ccccc4C#N)ccc32)c1-c1cc(-c2cc(C)cc(C(F)(F)F)c2)ccc1-n1c2ccccc2c2cc(-c3ccccc3C#N)ccc21. The summed E-state index contributed by atoms with van der Waals surface area (Å²) in [5.41, 5.74) is 11.7. The number of fused-ring (bicyclic) bond motifs is 6. The number of aryl methyl sites for hydroxylation is 1. The summed E-state index contributed by atoms with van der Waals surface area (Å²) in [7, 11) is 0. The van der Waals surface area contributed by atoms with E-state index in [1.54, 1.807) is 31.2 Å². The second-order valence-electron chi connectivity index (χ2n) is 16.6. The molecular formula is C59H34F3N5. The van der Waals surface area contributed by atoms with E-state index in [9.17, 15) is 23.7 Å². The average Bonchev–Trinajstić information content (AvgIpc) is 3.87. The molecule has 0 radical (unpaired) electrons. The minimum atomic E-state index is -4.56. The number of rotatable bonds is 6. The zero-order valence-electron chi connectivity index (χ0n) is 35.8. The molecule has 67 heavy (non-hydrogen) atoms. The second kappa shape index (κ2) is 15.8. The van der Waals surface area contributed by atoms with Crippen molar-refractivity contribution in [2.75, 3.05) is 0 Å². The van der Waals surface area contributed by atoms with Crippen LogP contribution in [0.5, 0.6) is 0 Å². The third-order valence-corrected chi connectivity index (χ3v) is 12.7. The molecule has 0 unspecified atom stereocenters. The molecule has 0 aliphatic rings. The third kappa shape index (κ3) is 6.69. The molecule has 0 saturated carbocycles. The lowest BCUT2D eigenvalue weighted by atomic mass is 9.93. The smallest absolute Gasteiger partial charge is 0.310 e. The van der Waals surface area contributed by atoms with Crippen molar-refractivity contribution < 1.29 is 13.2 Å². The minimum Gasteiger partial charge on any atom is -0.310 e. The zero-order chi connectivity index (χ0) is 46.0. The summed E-state index contributed by atoms with van der Waals surface area (Å²) in [6.45, 7) is 10.3. The van der Waals surface area contributed by atoms with Gasteiger partial charge in [-0.05, 0) is 130 Å². The lowest BCUT2D eigenvalue weighted by Gasteiger charge is -2.21. The first-order valence-corrected chi connectivity index (χ1v) is 21.6. The van der Waals surface area contributed by atoms with E-state index < -0.39 is 11.7 Å². The number of nitrogens with zero attached hydrogens (tertiary/aromatic N) is 5. The van der Waals surface area contributed by atoms with Gasteiger partial charge in [-0.15, -0.1) is 0 Å². The van der Waals surface area contributed by atoms with Crippen LogP contribution in [0.1, 0.15) is 22.3 Å². The first-order valence-electron chi connectivity index (χ1n) is 21.6. The van der Waals surface area contributed by atoms with Gasteiger partial charge in [0.15, 0.2) is 5.69 Å². The van der Waals surface area contributed by atoms with Gasteiger partial charge in [-0.2, -0.15) is 23.7 Å². The zero-order valence-corrected chi connectivity index (χ0v) is 35.8. The molecule has 11 rings (SSSR count). The molecule has 0 fully saturated rings.